The summed E-state index contributed by atoms with van der Waals surface area (Å²) in [5.41, 5.74) is 0.882. The van der Waals surface area contributed by atoms with Gasteiger partial charge in [0.2, 0.25) is 0 Å². The van der Waals surface area contributed by atoms with Crippen LogP contribution in [0.3, 0.4) is 0 Å². The van der Waals surface area contributed by atoms with Crippen LogP contribution in [0.25, 0.3) is 0 Å². The summed E-state index contributed by atoms with van der Waals surface area (Å²) in [6.07, 6.45) is 7.46. The highest BCUT2D eigenvalue weighted by Gasteiger charge is 2.61. The lowest BCUT2D eigenvalue weighted by molar-refractivity contribution is -0.199. The molecule has 4 heteroatoms. The van der Waals surface area contributed by atoms with E-state index in [2.05, 4.69) is 54.1 Å². The molecule has 26 heavy (non-hydrogen) atoms. The molecule has 1 aromatic carbocycles. The number of carbonyl (C=O) groups is 1. The Hall–Kier alpha value is -1.39. The third-order valence-corrected chi connectivity index (χ3v) is 6.74. The summed E-state index contributed by atoms with van der Waals surface area (Å²) >= 11 is 0. The summed E-state index contributed by atoms with van der Waals surface area (Å²) in [5.74, 6) is 0.243. The third-order valence-electron chi connectivity index (χ3n) is 6.74. The number of rotatable bonds is 5. The SMILES string of the molecule is CCN1CC2(CCC(N(C)CCc3ccccc3)CC2)OC2(CC2)C1=O. The number of benzene rings is 1. The van der Waals surface area contributed by atoms with Gasteiger partial charge >= 0.3 is 0 Å². The van der Waals surface area contributed by atoms with Gasteiger partial charge in [-0.05, 0) is 64.5 Å². The average molecular weight is 357 g/mol. The van der Waals surface area contributed by atoms with Crippen LogP contribution in [0.5, 0.6) is 0 Å². The monoisotopic (exact) mass is 356 g/mol. The van der Waals surface area contributed by atoms with E-state index < -0.39 is 5.60 Å². The highest BCUT2D eigenvalue weighted by Crippen LogP contribution is 2.51. The summed E-state index contributed by atoms with van der Waals surface area (Å²) in [6, 6.07) is 11.4. The molecule has 3 fully saturated rings. The molecule has 1 aliphatic heterocycles. The number of carbonyl (C=O) groups excluding carboxylic acids is 1. The van der Waals surface area contributed by atoms with Crippen LogP contribution in [0.15, 0.2) is 30.3 Å². The number of morpholine rings is 1. The fourth-order valence-electron chi connectivity index (χ4n) is 4.85. The molecular formula is C22H32N2O2. The predicted molar refractivity (Wildman–Crippen MR) is 103 cm³/mol. The van der Waals surface area contributed by atoms with Gasteiger partial charge in [0.1, 0.15) is 5.60 Å². The quantitative estimate of drug-likeness (QED) is 0.812. The van der Waals surface area contributed by atoms with E-state index in [0.29, 0.717) is 6.04 Å². The van der Waals surface area contributed by atoms with Crippen LogP contribution in [0.1, 0.15) is 51.0 Å². The first-order valence-electron chi connectivity index (χ1n) is 10.3. The Morgan fingerprint density at radius 3 is 2.46 bits per heavy atom. The fourth-order valence-corrected chi connectivity index (χ4v) is 4.85. The minimum Gasteiger partial charge on any atom is -0.357 e. The Kier molecular flexibility index (Phi) is 4.83. The van der Waals surface area contributed by atoms with Crippen LogP contribution in [0.2, 0.25) is 0 Å². The lowest BCUT2D eigenvalue weighted by atomic mass is 9.79. The molecule has 142 valence electrons. The zero-order valence-electron chi connectivity index (χ0n) is 16.2. The Balaban J connectivity index is 1.33. The van der Waals surface area contributed by atoms with Gasteiger partial charge in [0.25, 0.3) is 5.91 Å². The molecule has 0 unspecified atom stereocenters. The Morgan fingerprint density at radius 2 is 1.85 bits per heavy atom. The van der Waals surface area contributed by atoms with Crippen molar-refractivity contribution in [3.8, 4) is 0 Å². The number of nitrogens with zero attached hydrogens (tertiary/aromatic N) is 2. The first-order chi connectivity index (χ1) is 12.6. The van der Waals surface area contributed by atoms with Crippen molar-refractivity contribution < 1.29 is 9.53 Å². The maximum absolute atomic E-state index is 12.6. The number of hydrogen-bond donors (Lipinski definition) is 0. The molecule has 1 heterocycles. The molecule has 0 bridgehead atoms. The lowest BCUT2D eigenvalue weighted by Gasteiger charge is -2.50. The van der Waals surface area contributed by atoms with Crippen LogP contribution in [-0.4, -0.2) is 59.6 Å². The largest absolute Gasteiger partial charge is 0.357 e. The van der Waals surface area contributed by atoms with Crippen LogP contribution < -0.4 is 0 Å². The van der Waals surface area contributed by atoms with Gasteiger partial charge in [-0.15, -0.1) is 0 Å². The number of hydrogen-bond acceptors (Lipinski definition) is 3. The van der Waals surface area contributed by atoms with E-state index in [0.717, 1.165) is 51.7 Å². The zero-order valence-corrected chi connectivity index (χ0v) is 16.2. The molecule has 0 aromatic heterocycles. The highest BCUT2D eigenvalue weighted by molar-refractivity contribution is 5.89. The minimum absolute atomic E-state index is 0.0861. The van der Waals surface area contributed by atoms with Crippen molar-refractivity contribution in [3.05, 3.63) is 35.9 Å². The smallest absolute Gasteiger partial charge is 0.254 e. The Morgan fingerprint density at radius 1 is 1.15 bits per heavy atom. The molecule has 3 aliphatic rings. The summed E-state index contributed by atoms with van der Waals surface area (Å²) in [4.78, 5) is 17.1. The summed E-state index contributed by atoms with van der Waals surface area (Å²) in [7, 11) is 2.26. The molecule has 1 saturated heterocycles. The molecule has 2 aliphatic carbocycles. The Labute approximate surface area is 157 Å². The van der Waals surface area contributed by atoms with Crippen molar-refractivity contribution in [2.45, 2.75) is 69.1 Å². The fraction of sp³-hybridized carbons (Fsp3) is 0.682. The van der Waals surface area contributed by atoms with E-state index in [1.165, 1.54) is 18.4 Å². The molecule has 2 spiro atoms. The van der Waals surface area contributed by atoms with Crippen LogP contribution >= 0.6 is 0 Å². The van der Waals surface area contributed by atoms with E-state index in [4.69, 9.17) is 4.74 Å². The number of likely N-dealkylation sites (N-methyl/N-ethyl adjacent to an activating group) is 2. The van der Waals surface area contributed by atoms with E-state index in [1.807, 2.05) is 0 Å². The van der Waals surface area contributed by atoms with E-state index in [9.17, 15) is 4.79 Å². The van der Waals surface area contributed by atoms with Gasteiger partial charge in [-0.25, -0.2) is 0 Å². The van der Waals surface area contributed by atoms with Crippen molar-refractivity contribution in [1.82, 2.24) is 9.80 Å². The van der Waals surface area contributed by atoms with Crippen molar-refractivity contribution >= 4 is 5.91 Å². The minimum atomic E-state index is -0.444. The van der Waals surface area contributed by atoms with Gasteiger partial charge < -0.3 is 14.5 Å². The van der Waals surface area contributed by atoms with Gasteiger partial charge in [-0.3, -0.25) is 4.79 Å². The molecule has 0 N–H and O–H groups in total. The van der Waals surface area contributed by atoms with Crippen molar-refractivity contribution in [1.29, 1.82) is 0 Å². The van der Waals surface area contributed by atoms with Gasteiger partial charge in [0.05, 0.1) is 5.60 Å². The summed E-state index contributed by atoms with van der Waals surface area (Å²) in [5, 5.41) is 0. The first-order valence-corrected chi connectivity index (χ1v) is 10.3. The van der Waals surface area contributed by atoms with Gasteiger partial charge in [-0.2, -0.15) is 0 Å². The second-order valence-electron chi connectivity index (χ2n) is 8.55. The molecule has 0 radical (unpaired) electrons. The molecule has 2 saturated carbocycles. The Bertz CT molecular complexity index is 633. The average Bonchev–Trinajstić information content (AvgIpc) is 3.44. The van der Waals surface area contributed by atoms with E-state index in [1.54, 1.807) is 0 Å². The summed E-state index contributed by atoms with van der Waals surface area (Å²) in [6.45, 7) is 4.80. The maximum Gasteiger partial charge on any atom is 0.254 e. The normalized spacial score (nSPS) is 30.3. The van der Waals surface area contributed by atoms with Crippen molar-refractivity contribution in [3.63, 3.8) is 0 Å². The number of ether oxygens (including phenoxy) is 1. The highest BCUT2D eigenvalue weighted by atomic mass is 16.5. The predicted octanol–water partition coefficient (Wildman–Crippen LogP) is 3.25. The molecule has 0 atom stereocenters. The molecule has 1 amide bonds. The van der Waals surface area contributed by atoms with Gasteiger partial charge in [-0.1, -0.05) is 30.3 Å². The van der Waals surface area contributed by atoms with E-state index in [-0.39, 0.29) is 11.5 Å². The molecule has 4 rings (SSSR count). The molecule has 4 nitrogen and oxygen atoms in total. The van der Waals surface area contributed by atoms with Crippen LogP contribution in [0, 0.1) is 0 Å². The second-order valence-corrected chi connectivity index (χ2v) is 8.55. The number of amides is 1. The summed E-state index contributed by atoms with van der Waals surface area (Å²) < 4.78 is 6.51. The standard InChI is InChI=1S/C22H32N2O2/c1-3-24-17-21(26-22(14-15-22)20(24)25)12-9-19(10-13-21)23(2)16-11-18-7-5-4-6-8-18/h4-8,19H,3,9-17H2,1-2H3. The molecular weight excluding hydrogens is 324 g/mol. The van der Waals surface area contributed by atoms with Crippen molar-refractivity contribution in [2.75, 3.05) is 26.7 Å². The van der Waals surface area contributed by atoms with Crippen molar-refractivity contribution in [2.24, 2.45) is 0 Å². The third kappa shape index (κ3) is 3.41. The maximum atomic E-state index is 12.6. The lowest BCUT2D eigenvalue weighted by Crippen LogP contribution is -2.61. The van der Waals surface area contributed by atoms with Crippen LogP contribution in [-0.2, 0) is 16.0 Å². The van der Waals surface area contributed by atoms with E-state index >= 15 is 0 Å². The topological polar surface area (TPSA) is 32.8 Å². The second kappa shape index (κ2) is 6.97. The van der Waals surface area contributed by atoms with Gasteiger partial charge in [0.15, 0.2) is 0 Å². The molecule has 1 aromatic rings. The van der Waals surface area contributed by atoms with Gasteiger partial charge in [0, 0.05) is 25.7 Å². The first kappa shape index (κ1) is 18.0. The van der Waals surface area contributed by atoms with Crippen LogP contribution in [0.4, 0.5) is 0 Å². The zero-order chi connectivity index (χ0) is 18.2.